The highest BCUT2D eigenvalue weighted by atomic mass is 32.2. The normalized spacial score (nSPS) is 14.6. The topological polar surface area (TPSA) is 81.8 Å². The first-order chi connectivity index (χ1) is 6.57. The lowest BCUT2D eigenvalue weighted by Gasteiger charge is -2.03. The van der Waals surface area contributed by atoms with Crippen molar-refractivity contribution in [3.8, 4) is 0 Å². The predicted molar refractivity (Wildman–Crippen MR) is 49.0 cm³/mol. The van der Waals surface area contributed by atoms with Gasteiger partial charge in [-0.25, -0.2) is 18.5 Å². The summed E-state index contributed by atoms with van der Waals surface area (Å²) in [4.78, 5) is 4.09. The highest BCUT2D eigenvalue weighted by Gasteiger charge is 2.07. The van der Waals surface area contributed by atoms with Crippen molar-refractivity contribution < 1.29 is 13.2 Å². The molecule has 1 aliphatic heterocycles. The number of nitrogens with two attached hydrogens (primary N) is 1. The average molecular weight is 212 g/mol. The molecule has 2 rings (SSSR count). The van der Waals surface area contributed by atoms with Crippen LogP contribution in [0.2, 0.25) is 0 Å². The van der Waals surface area contributed by atoms with Gasteiger partial charge in [0.25, 0.3) is 0 Å². The summed E-state index contributed by atoms with van der Waals surface area (Å²) in [5.41, 5.74) is 0. The van der Waals surface area contributed by atoms with Crippen LogP contribution >= 0.6 is 0 Å². The second-order valence-electron chi connectivity index (χ2n) is 2.84. The Morgan fingerprint density at radius 1 is 1.43 bits per heavy atom. The maximum Gasteiger partial charge on any atom is 0.238 e. The van der Waals surface area contributed by atoms with Gasteiger partial charge in [-0.15, -0.1) is 0 Å². The van der Waals surface area contributed by atoms with E-state index in [1.807, 2.05) is 0 Å². The molecule has 1 heterocycles. The maximum atomic E-state index is 11.0. The summed E-state index contributed by atoms with van der Waals surface area (Å²) in [6.45, 7) is 0.266. The van der Waals surface area contributed by atoms with Crippen molar-refractivity contribution in [1.29, 1.82) is 0 Å². The Kier molecular flexibility index (Phi) is 2.01. The van der Waals surface area contributed by atoms with Crippen molar-refractivity contribution in [1.82, 2.24) is 0 Å². The van der Waals surface area contributed by atoms with Crippen molar-refractivity contribution >= 4 is 16.3 Å². The molecule has 14 heavy (non-hydrogen) atoms. The highest BCUT2D eigenvalue weighted by molar-refractivity contribution is 7.89. The molecule has 74 valence electrons. The van der Waals surface area contributed by atoms with Crippen LogP contribution in [0.25, 0.3) is 6.26 Å². The number of hydrogen-bond acceptors (Lipinski definition) is 4. The Hall–Kier alpha value is -1.40. The van der Waals surface area contributed by atoms with Crippen LogP contribution in [0, 0.1) is 0 Å². The number of primary sulfonamides is 1. The first-order valence-electron chi connectivity index (χ1n) is 3.86. The summed E-state index contributed by atoms with van der Waals surface area (Å²) in [5.74, 6) is 0. The van der Waals surface area contributed by atoms with Gasteiger partial charge in [0.15, 0.2) is 6.73 Å². The summed E-state index contributed by atoms with van der Waals surface area (Å²) in [7, 11) is -3.65. The lowest BCUT2D eigenvalue weighted by atomic mass is 10.3. The van der Waals surface area contributed by atoms with Crippen molar-refractivity contribution in [2.75, 3.05) is 6.73 Å². The van der Waals surface area contributed by atoms with Gasteiger partial charge in [0.1, 0.15) is 0 Å². The van der Waals surface area contributed by atoms with Gasteiger partial charge >= 0.3 is 0 Å². The molecular formula is C8H8N2O3S. The fourth-order valence-electron chi connectivity index (χ4n) is 1.18. The Morgan fingerprint density at radius 2 is 2.21 bits per heavy atom. The van der Waals surface area contributed by atoms with Gasteiger partial charge in [-0.2, -0.15) is 0 Å². The third kappa shape index (κ3) is 1.61. The third-order valence-electron chi connectivity index (χ3n) is 1.85. The quantitative estimate of drug-likeness (QED) is 0.626. The Labute approximate surface area is 80.6 Å². The molecule has 0 atom stereocenters. The standard InChI is InChI=1S/C8H8N2O3S/c9-14(11,12)7-1-2-8-6(3-7)4-13-5-10-8/h1-4H,5H2,(H2,9,11,12). The fraction of sp³-hybridized carbons (Fsp3) is 0.125. The van der Waals surface area contributed by atoms with E-state index < -0.39 is 10.0 Å². The average Bonchev–Trinajstić information content (AvgIpc) is 2.16. The van der Waals surface area contributed by atoms with Crippen molar-refractivity contribution in [3.63, 3.8) is 0 Å². The molecule has 0 unspecified atom stereocenters. The van der Waals surface area contributed by atoms with E-state index in [0.717, 1.165) is 0 Å². The molecule has 0 saturated carbocycles. The van der Waals surface area contributed by atoms with E-state index in [4.69, 9.17) is 9.88 Å². The fourth-order valence-corrected chi connectivity index (χ4v) is 1.73. The zero-order valence-corrected chi connectivity index (χ0v) is 7.99. The van der Waals surface area contributed by atoms with Gasteiger partial charge in [-0.3, -0.25) is 0 Å². The lowest BCUT2D eigenvalue weighted by Crippen LogP contribution is -2.30. The van der Waals surface area contributed by atoms with Crippen LogP contribution in [0.3, 0.4) is 0 Å². The molecule has 6 heteroatoms. The summed E-state index contributed by atoms with van der Waals surface area (Å²) >= 11 is 0. The molecule has 0 spiro atoms. The van der Waals surface area contributed by atoms with Crippen LogP contribution in [-0.4, -0.2) is 15.1 Å². The maximum absolute atomic E-state index is 11.0. The molecule has 0 saturated heterocycles. The number of rotatable bonds is 1. The minimum Gasteiger partial charge on any atom is -0.478 e. The number of nitrogens with zero attached hydrogens (tertiary/aromatic N) is 1. The summed E-state index contributed by atoms with van der Waals surface area (Å²) < 4.78 is 27.0. The molecule has 0 aliphatic carbocycles. The van der Waals surface area contributed by atoms with Gasteiger partial charge in [-0.05, 0) is 18.2 Å². The Morgan fingerprint density at radius 3 is 2.93 bits per heavy atom. The largest absolute Gasteiger partial charge is 0.478 e. The van der Waals surface area contributed by atoms with Gasteiger partial charge in [-0.1, -0.05) is 0 Å². The van der Waals surface area contributed by atoms with Crippen LogP contribution in [0.1, 0.15) is 0 Å². The van der Waals surface area contributed by atoms with Crippen molar-refractivity contribution in [2.24, 2.45) is 10.1 Å². The second kappa shape index (κ2) is 3.07. The molecule has 0 fully saturated rings. The molecule has 2 N–H and O–H groups in total. The molecule has 5 nitrogen and oxygen atoms in total. The third-order valence-corrected chi connectivity index (χ3v) is 2.76. The van der Waals surface area contributed by atoms with E-state index in [2.05, 4.69) is 4.99 Å². The summed E-state index contributed by atoms with van der Waals surface area (Å²) in [6, 6.07) is 4.47. The minimum atomic E-state index is -3.65. The summed E-state index contributed by atoms with van der Waals surface area (Å²) in [6.07, 6.45) is 1.47. The molecule has 0 radical (unpaired) electrons. The Bertz CT molecular complexity index is 577. The van der Waals surface area contributed by atoms with Crippen LogP contribution < -0.4 is 15.7 Å². The molecular weight excluding hydrogens is 204 g/mol. The smallest absolute Gasteiger partial charge is 0.238 e. The number of fused-ring (bicyclic) bond motifs is 1. The van der Waals surface area contributed by atoms with E-state index in [9.17, 15) is 8.42 Å². The SMILES string of the molecule is NS(=O)(=O)c1ccc2c(c1)=COCN=2. The van der Waals surface area contributed by atoms with E-state index in [1.165, 1.54) is 18.4 Å². The number of benzene rings is 1. The summed E-state index contributed by atoms with van der Waals surface area (Å²) in [5, 5.41) is 6.32. The molecule has 1 aromatic carbocycles. The van der Waals surface area contributed by atoms with Crippen LogP contribution in [0.4, 0.5) is 0 Å². The number of sulfonamides is 1. The lowest BCUT2D eigenvalue weighted by molar-refractivity contribution is 0.296. The van der Waals surface area contributed by atoms with Crippen molar-refractivity contribution in [2.45, 2.75) is 4.90 Å². The first kappa shape index (κ1) is 9.17. The van der Waals surface area contributed by atoms with E-state index >= 15 is 0 Å². The predicted octanol–water partition coefficient (Wildman–Crippen LogP) is -1.32. The van der Waals surface area contributed by atoms with Gasteiger partial charge in [0.05, 0.1) is 16.5 Å². The van der Waals surface area contributed by atoms with Crippen molar-refractivity contribution in [3.05, 3.63) is 28.8 Å². The highest BCUT2D eigenvalue weighted by Crippen LogP contribution is 1.99. The zero-order chi connectivity index (χ0) is 10.2. The van der Waals surface area contributed by atoms with E-state index in [0.29, 0.717) is 10.6 Å². The molecule has 0 bridgehead atoms. The molecule has 0 amide bonds. The van der Waals surface area contributed by atoms with E-state index in [-0.39, 0.29) is 11.6 Å². The molecule has 1 aromatic rings. The van der Waals surface area contributed by atoms with Gasteiger partial charge in [0, 0.05) is 5.22 Å². The Balaban J connectivity index is 2.74. The van der Waals surface area contributed by atoms with Crippen LogP contribution in [0.15, 0.2) is 28.1 Å². The van der Waals surface area contributed by atoms with Crippen LogP contribution in [-0.2, 0) is 14.8 Å². The van der Waals surface area contributed by atoms with Gasteiger partial charge in [0.2, 0.25) is 10.0 Å². The first-order valence-corrected chi connectivity index (χ1v) is 5.41. The monoisotopic (exact) mass is 212 g/mol. The second-order valence-corrected chi connectivity index (χ2v) is 4.40. The molecule has 1 aliphatic rings. The molecule has 0 aromatic heterocycles. The number of hydrogen-bond donors (Lipinski definition) is 1. The number of ether oxygens (including phenoxy) is 1. The van der Waals surface area contributed by atoms with Crippen LogP contribution in [0.5, 0.6) is 0 Å². The van der Waals surface area contributed by atoms with Gasteiger partial charge < -0.3 is 4.74 Å². The minimum absolute atomic E-state index is 0.0631. The van der Waals surface area contributed by atoms with E-state index in [1.54, 1.807) is 6.07 Å². The zero-order valence-electron chi connectivity index (χ0n) is 7.17.